The van der Waals surface area contributed by atoms with E-state index in [1.165, 1.54) is 16.0 Å². The smallest absolute Gasteiger partial charge is 0.413 e. The van der Waals surface area contributed by atoms with Gasteiger partial charge in [-0.3, -0.25) is 4.90 Å². The third-order valence-electron chi connectivity index (χ3n) is 6.16. The molecule has 5 rings (SSSR count). The van der Waals surface area contributed by atoms with Crippen LogP contribution in [0.25, 0.3) is 11.1 Å². The Hall–Kier alpha value is -3.31. The Morgan fingerprint density at radius 2 is 1.69 bits per heavy atom. The molecule has 3 aromatic carbocycles. The van der Waals surface area contributed by atoms with E-state index < -0.39 is 18.1 Å². The number of amides is 1. The second kappa shape index (κ2) is 8.67. The highest BCUT2D eigenvalue weighted by Gasteiger charge is 2.39. The molecule has 1 heterocycles. The molecule has 1 aliphatic carbocycles. The number of esters is 1. The van der Waals surface area contributed by atoms with Gasteiger partial charge in [-0.25, -0.2) is 9.59 Å². The van der Waals surface area contributed by atoms with Crippen LogP contribution in [-0.2, 0) is 20.7 Å². The zero-order chi connectivity index (χ0) is 22.1. The van der Waals surface area contributed by atoms with Gasteiger partial charge in [-0.2, -0.15) is 0 Å². The average Bonchev–Trinajstić information content (AvgIpc) is 3.34. The van der Waals surface area contributed by atoms with Gasteiger partial charge >= 0.3 is 12.1 Å². The minimum absolute atomic E-state index is 0.0320. The first-order valence-electron chi connectivity index (χ1n) is 10.6. The highest BCUT2D eigenvalue weighted by molar-refractivity contribution is 6.30. The summed E-state index contributed by atoms with van der Waals surface area (Å²) in [6.07, 6.45) is 0.519. The number of fused-ring (bicyclic) bond motifs is 3. The first-order valence-corrected chi connectivity index (χ1v) is 11.0. The second-order valence-electron chi connectivity index (χ2n) is 8.05. The maximum atomic E-state index is 12.9. The van der Waals surface area contributed by atoms with Crippen molar-refractivity contribution in [3.8, 4) is 11.1 Å². The third kappa shape index (κ3) is 3.84. The van der Waals surface area contributed by atoms with E-state index in [1.54, 1.807) is 6.07 Å². The number of benzene rings is 3. The fourth-order valence-electron chi connectivity index (χ4n) is 4.57. The van der Waals surface area contributed by atoms with Crippen molar-refractivity contribution < 1.29 is 19.1 Å². The van der Waals surface area contributed by atoms with Crippen molar-refractivity contribution in [3.05, 3.63) is 94.5 Å². The van der Waals surface area contributed by atoms with Crippen LogP contribution in [0.15, 0.2) is 72.8 Å². The molecule has 3 aromatic rings. The van der Waals surface area contributed by atoms with Crippen LogP contribution in [0.1, 0.15) is 29.0 Å². The van der Waals surface area contributed by atoms with Gasteiger partial charge in [-0.15, -0.1) is 0 Å². The fraction of sp³-hybridized carbons (Fsp3) is 0.231. The highest BCUT2D eigenvalue weighted by Crippen LogP contribution is 2.44. The molecule has 5 nitrogen and oxygen atoms in total. The second-order valence-corrected chi connectivity index (χ2v) is 8.49. The quantitative estimate of drug-likeness (QED) is 0.491. The van der Waals surface area contributed by atoms with E-state index in [0.29, 0.717) is 17.9 Å². The molecule has 32 heavy (non-hydrogen) atoms. The van der Waals surface area contributed by atoms with Crippen molar-refractivity contribution in [1.82, 2.24) is 4.90 Å². The molecule has 1 amide bonds. The molecule has 0 spiro atoms. The van der Waals surface area contributed by atoms with Crippen molar-refractivity contribution in [2.45, 2.75) is 24.8 Å². The number of hydrogen-bond donors (Lipinski definition) is 0. The van der Waals surface area contributed by atoms with Gasteiger partial charge in [-0.1, -0.05) is 72.3 Å². The Bertz CT molecular complexity index is 1130. The van der Waals surface area contributed by atoms with E-state index in [-0.39, 0.29) is 19.3 Å². The van der Waals surface area contributed by atoms with Gasteiger partial charge in [-0.05, 0) is 52.8 Å². The summed E-state index contributed by atoms with van der Waals surface area (Å²) >= 11 is 6.05. The molecule has 1 saturated heterocycles. The number of carbonyl (C=O) groups is 2. The van der Waals surface area contributed by atoms with Crippen LogP contribution in [-0.4, -0.2) is 36.3 Å². The molecular weight excluding hydrogens is 426 g/mol. The van der Waals surface area contributed by atoms with Crippen LogP contribution in [0, 0.1) is 0 Å². The predicted octanol–water partition coefficient (Wildman–Crippen LogP) is 5.41. The van der Waals surface area contributed by atoms with Gasteiger partial charge < -0.3 is 9.47 Å². The summed E-state index contributed by atoms with van der Waals surface area (Å²) in [6, 6.07) is 23.2. The van der Waals surface area contributed by atoms with Crippen molar-refractivity contribution in [2.75, 3.05) is 13.3 Å². The van der Waals surface area contributed by atoms with Crippen molar-refractivity contribution in [2.24, 2.45) is 0 Å². The molecule has 0 aromatic heterocycles. The molecule has 2 aliphatic rings. The number of rotatable bonds is 5. The largest absolute Gasteiger partial charge is 0.448 e. The number of aryl methyl sites for hydroxylation is 1. The normalized spacial score (nSPS) is 17.1. The summed E-state index contributed by atoms with van der Waals surface area (Å²) in [7, 11) is 0. The Balaban J connectivity index is 1.27. The van der Waals surface area contributed by atoms with Gasteiger partial charge in [0.05, 0.1) is 0 Å². The van der Waals surface area contributed by atoms with Gasteiger partial charge in [0.2, 0.25) is 0 Å². The Labute approximate surface area is 191 Å². The topological polar surface area (TPSA) is 55.8 Å². The summed E-state index contributed by atoms with van der Waals surface area (Å²) in [5, 5.41) is 0.643. The molecule has 0 N–H and O–H groups in total. The minimum Gasteiger partial charge on any atom is -0.448 e. The number of cyclic esters (lactones) is 1. The summed E-state index contributed by atoms with van der Waals surface area (Å²) < 4.78 is 10.9. The van der Waals surface area contributed by atoms with Gasteiger partial charge in [0.25, 0.3) is 0 Å². The zero-order valence-electron chi connectivity index (χ0n) is 17.4. The zero-order valence-corrected chi connectivity index (χ0v) is 18.1. The van der Waals surface area contributed by atoms with Gasteiger partial charge in [0.1, 0.15) is 12.6 Å². The van der Waals surface area contributed by atoms with Crippen LogP contribution in [0.3, 0.4) is 0 Å². The SMILES string of the molecule is O=C1OCN(C(=O)OCC2c3ccccc3-c3ccccc32)[C@H]1CCc1cccc(Cl)c1. The summed E-state index contributed by atoms with van der Waals surface area (Å²) in [5.41, 5.74) is 5.64. The van der Waals surface area contributed by atoms with Gasteiger partial charge in [0.15, 0.2) is 6.73 Å². The Morgan fingerprint density at radius 3 is 2.38 bits per heavy atom. The Morgan fingerprint density at radius 1 is 1.00 bits per heavy atom. The predicted molar refractivity (Wildman–Crippen MR) is 121 cm³/mol. The third-order valence-corrected chi connectivity index (χ3v) is 6.40. The number of halogens is 1. The van der Waals surface area contributed by atoms with Crippen LogP contribution in [0.4, 0.5) is 4.79 Å². The van der Waals surface area contributed by atoms with Crippen molar-refractivity contribution >= 4 is 23.7 Å². The fourth-order valence-corrected chi connectivity index (χ4v) is 4.79. The Kier molecular flexibility index (Phi) is 5.58. The standard InChI is InChI=1S/C26H22ClNO4/c27-18-7-5-6-17(14-18)12-13-24-25(29)32-16-28(24)26(30)31-15-23-21-10-3-1-8-19(21)20-9-2-4-11-22(20)23/h1-11,14,23-24H,12-13,15-16H2/t24-/m0/s1. The molecule has 0 radical (unpaired) electrons. The van der Waals surface area contributed by atoms with Gasteiger partial charge in [0, 0.05) is 10.9 Å². The average molecular weight is 448 g/mol. The first kappa shape index (κ1) is 20.6. The summed E-state index contributed by atoms with van der Waals surface area (Å²) in [4.78, 5) is 26.5. The molecule has 0 saturated carbocycles. The number of hydrogen-bond acceptors (Lipinski definition) is 4. The lowest BCUT2D eigenvalue weighted by Gasteiger charge is -2.21. The molecule has 162 valence electrons. The number of ether oxygens (including phenoxy) is 2. The van der Waals surface area contributed by atoms with Crippen LogP contribution in [0.2, 0.25) is 5.02 Å². The molecule has 0 bridgehead atoms. The molecular formula is C26H22ClNO4. The monoisotopic (exact) mass is 447 g/mol. The van der Waals surface area contributed by atoms with E-state index in [0.717, 1.165) is 16.7 Å². The molecule has 1 atom stereocenters. The minimum atomic E-state index is -0.662. The van der Waals surface area contributed by atoms with E-state index in [9.17, 15) is 9.59 Å². The molecule has 0 unspecified atom stereocenters. The highest BCUT2D eigenvalue weighted by atomic mass is 35.5. The van der Waals surface area contributed by atoms with E-state index in [1.807, 2.05) is 42.5 Å². The maximum Gasteiger partial charge on any atom is 0.413 e. The first-order chi connectivity index (χ1) is 15.6. The molecule has 1 fully saturated rings. The molecule has 1 aliphatic heterocycles. The van der Waals surface area contributed by atoms with E-state index in [2.05, 4.69) is 24.3 Å². The van der Waals surface area contributed by atoms with E-state index in [4.69, 9.17) is 21.1 Å². The number of carbonyl (C=O) groups excluding carboxylic acids is 2. The van der Waals surface area contributed by atoms with Crippen LogP contribution < -0.4 is 0 Å². The maximum absolute atomic E-state index is 12.9. The summed E-state index contributed by atoms with van der Waals surface area (Å²) in [5.74, 6) is -0.434. The lowest BCUT2D eigenvalue weighted by Crippen LogP contribution is -2.39. The van der Waals surface area contributed by atoms with Crippen molar-refractivity contribution in [1.29, 1.82) is 0 Å². The van der Waals surface area contributed by atoms with E-state index >= 15 is 0 Å². The lowest BCUT2D eigenvalue weighted by molar-refractivity contribution is -0.139. The molecule has 6 heteroatoms. The van der Waals surface area contributed by atoms with Crippen LogP contribution in [0.5, 0.6) is 0 Å². The lowest BCUT2D eigenvalue weighted by atomic mass is 9.98. The summed E-state index contributed by atoms with van der Waals surface area (Å²) in [6.45, 7) is 0.119. The number of nitrogens with zero attached hydrogens (tertiary/aromatic N) is 1. The van der Waals surface area contributed by atoms with Crippen molar-refractivity contribution in [3.63, 3.8) is 0 Å². The van der Waals surface area contributed by atoms with Crippen LogP contribution >= 0.6 is 11.6 Å².